The maximum atomic E-state index is 14.2. The smallest absolute Gasteiger partial charge is 0.192 e. The fourth-order valence-corrected chi connectivity index (χ4v) is 3.54. The topological polar surface area (TPSA) is 78.9 Å². The second kappa shape index (κ2) is 7.05. The van der Waals surface area contributed by atoms with Crippen molar-refractivity contribution in [2.75, 3.05) is 5.73 Å². The Morgan fingerprint density at radius 3 is 2.37 bits per heavy atom. The first-order valence-electron chi connectivity index (χ1n) is 8.10. The Labute approximate surface area is 164 Å². The van der Waals surface area contributed by atoms with E-state index in [2.05, 4.69) is 15.2 Å². The predicted octanol–water partition coefficient (Wildman–Crippen LogP) is 4.81. The van der Waals surface area contributed by atoms with E-state index in [0.29, 0.717) is 16.8 Å². The van der Waals surface area contributed by atoms with Crippen molar-refractivity contribution in [3.05, 3.63) is 40.8 Å². The summed E-state index contributed by atoms with van der Waals surface area (Å²) in [6.45, 7) is 7.21. The molecular weight excluding hydrogens is 396 g/mol. The van der Waals surface area contributed by atoms with Gasteiger partial charge in [-0.2, -0.15) is 0 Å². The number of nitrogens with two attached hydrogens (primary N) is 1. The summed E-state index contributed by atoms with van der Waals surface area (Å²) in [5.41, 5.74) is 4.53. The van der Waals surface area contributed by atoms with Crippen LogP contribution in [0.3, 0.4) is 0 Å². The zero-order chi connectivity index (χ0) is 19.9. The molecule has 0 aliphatic rings. The maximum Gasteiger partial charge on any atom is 0.192 e. The van der Waals surface area contributed by atoms with Gasteiger partial charge in [0.2, 0.25) is 0 Å². The van der Waals surface area contributed by atoms with E-state index in [-0.39, 0.29) is 11.1 Å². The Hall–Kier alpha value is -2.26. The molecule has 0 bridgehead atoms. The van der Waals surface area contributed by atoms with Crippen LogP contribution >= 0.6 is 22.9 Å². The SMILES string of the molecule is CC(C)n1c(-c2cnc(N)s2)nnc1C(C)(C)Oc1c(F)cc(Cl)cc1F. The highest BCUT2D eigenvalue weighted by atomic mass is 35.5. The lowest BCUT2D eigenvalue weighted by molar-refractivity contribution is 0.0814. The standard InChI is InChI=1S/C17H18ClF2N5OS/c1-8(2)25-14(12-7-22-16(21)27-12)23-24-15(25)17(3,4)26-13-10(19)5-9(18)6-11(13)20/h5-8H,1-4H3,(H2,21,22). The van der Waals surface area contributed by atoms with Crippen molar-refractivity contribution in [2.24, 2.45) is 0 Å². The number of benzene rings is 1. The number of rotatable bonds is 5. The van der Waals surface area contributed by atoms with Gasteiger partial charge in [-0.1, -0.05) is 22.9 Å². The average Bonchev–Trinajstić information content (AvgIpc) is 3.17. The lowest BCUT2D eigenvalue weighted by Crippen LogP contribution is -2.31. The van der Waals surface area contributed by atoms with Crippen LogP contribution in [-0.4, -0.2) is 19.7 Å². The van der Waals surface area contributed by atoms with Gasteiger partial charge in [-0.15, -0.1) is 10.2 Å². The fraction of sp³-hybridized carbons (Fsp3) is 0.353. The third-order valence-corrected chi connectivity index (χ3v) is 4.86. The fourth-order valence-electron chi connectivity index (χ4n) is 2.68. The number of anilines is 1. The van der Waals surface area contributed by atoms with Crippen molar-refractivity contribution in [1.82, 2.24) is 19.7 Å². The summed E-state index contributed by atoms with van der Waals surface area (Å²) in [7, 11) is 0. The Balaban J connectivity index is 2.06. The van der Waals surface area contributed by atoms with Gasteiger partial charge < -0.3 is 15.0 Å². The number of thiazole rings is 1. The molecule has 27 heavy (non-hydrogen) atoms. The first-order chi connectivity index (χ1) is 12.6. The van der Waals surface area contributed by atoms with Crippen molar-refractivity contribution >= 4 is 28.1 Å². The van der Waals surface area contributed by atoms with Crippen LogP contribution in [0.5, 0.6) is 5.75 Å². The third-order valence-electron chi connectivity index (χ3n) is 3.81. The highest BCUT2D eigenvalue weighted by Crippen LogP contribution is 2.36. The molecule has 0 aliphatic heterocycles. The van der Waals surface area contributed by atoms with Crippen LogP contribution in [-0.2, 0) is 5.60 Å². The summed E-state index contributed by atoms with van der Waals surface area (Å²) < 4.78 is 35.9. The van der Waals surface area contributed by atoms with Crippen molar-refractivity contribution < 1.29 is 13.5 Å². The van der Waals surface area contributed by atoms with E-state index in [1.807, 2.05) is 18.4 Å². The molecule has 3 rings (SSSR count). The minimum absolute atomic E-state index is 0.0453. The number of hydrogen-bond acceptors (Lipinski definition) is 6. The van der Waals surface area contributed by atoms with Gasteiger partial charge in [-0.3, -0.25) is 0 Å². The third kappa shape index (κ3) is 3.74. The number of halogens is 3. The molecule has 0 unspecified atom stereocenters. The van der Waals surface area contributed by atoms with Crippen molar-refractivity contribution in [3.8, 4) is 16.5 Å². The molecule has 2 aromatic heterocycles. The molecule has 2 N–H and O–H groups in total. The van der Waals surface area contributed by atoms with Crippen LogP contribution in [0, 0.1) is 11.6 Å². The summed E-state index contributed by atoms with van der Waals surface area (Å²) in [5.74, 6) is -1.33. The number of nitrogen functional groups attached to an aromatic ring is 1. The van der Waals surface area contributed by atoms with Crippen LogP contribution in [0.15, 0.2) is 18.3 Å². The number of aromatic nitrogens is 4. The summed E-state index contributed by atoms with van der Waals surface area (Å²) in [4.78, 5) is 4.77. The van der Waals surface area contributed by atoms with Gasteiger partial charge in [0, 0.05) is 11.1 Å². The highest BCUT2D eigenvalue weighted by Gasteiger charge is 2.34. The molecule has 3 aromatic rings. The van der Waals surface area contributed by atoms with Gasteiger partial charge in [0.1, 0.15) is 0 Å². The molecule has 10 heteroatoms. The molecule has 0 radical (unpaired) electrons. The average molecular weight is 414 g/mol. The second-order valence-corrected chi connectivity index (χ2v) is 8.18. The monoisotopic (exact) mass is 413 g/mol. The summed E-state index contributed by atoms with van der Waals surface area (Å²) >= 11 is 6.95. The molecule has 0 aliphatic carbocycles. The molecule has 0 saturated heterocycles. The molecule has 144 valence electrons. The molecule has 0 fully saturated rings. The number of nitrogens with zero attached hydrogens (tertiary/aromatic N) is 4. The van der Waals surface area contributed by atoms with Crippen molar-refractivity contribution in [2.45, 2.75) is 39.3 Å². The summed E-state index contributed by atoms with van der Waals surface area (Å²) in [6, 6.07) is 1.94. The Bertz CT molecular complexity index is 963. The first-order valence-corrected chi connectivity index (χ1v) is 9.30. The van der Waals surface area contributed by atoms with Crippen molar-refractivity contribution in [3.63, 3.8) is 0 Å². The maximum absolute atomic E-state index is 14.2. The Morgan fingerprint density at radius 2 is 1.85 bits per heavy atom. The first kappa shape index (κ1) is 19.5. The minimum atomic E-state index is -1.18. The van der Waals surface area contributed by atoms with Crippen molar-refractivity contribution in [1.29, 1.82) is 0 Å². The van der Waals surface area contributed by atoms with Gasteiger partial charge in [0.05, 0.1) is 11.1 Å². The predicted molar refractivity (Wildman–Crippen MR) is 101 cm³/mol. The molecule has 0 amide bonds. The van der Waals surface area contributed by atoms with E-state index in [9.17, 15) is 8.78 Å². The lowest BCUT2D eigenvalue weighted by atomic mass is 10.1. The molecule has 0 saturated carbocycles. The molecular formula is C17H18ClF2N5OS. The summed E-state index contributed by atoms with van der Waals surface area (Å²) in [5, 5.41) is 8.81. The molecule has 2 heterocycles. The largest absolute Gasteiger partial charge is 0.474 e. The van der Waals surface area contributed by atoms with E-state index < -0.39 is 23.0 Å². The van der Waals surface area contributed by atoms with E-state index in [1.54, 1.807) is 20.0 Å². The van der Waals surface area contributed by atoms with Gasteiger partial charge in [0.15, 0.2) is 39.8 Å². The van der Waals surface area contributed by atoms with Crippen LogP contribution in [0.2, 0.25) is 5.02 Å². The van der Waals surface area contributed by atoms with E-state index in [1.165, 1.54) is 11.3 Å². The zero-order valence-corrected chi connectivity index (χ0v) is 16.7. The second-order valence-electron chi connectivity index (χ2n) is 6.68. The van der Waals surface area contributed by atoms with Crippen LogP contribution in [0.4, 0.5) is 13.9 Å². The van der Waals surface area contributed by atoms with Crippen LogP contribution in [0.1, 0.15) is 39.6 Å². The highest BCUT2D eigenvalue weighted by molar-refractivity contribution is 7.18. The lowest BCUT2D eigenvalue weighted by Gasteiger charge is -2.28. The van der Waals surface area contributed by atoms with Gasteiger partial charge >= 0.3 is 0 Å². The summed E-state index contributed by atoms with van der Waals surface area (Å²) in [6.07, 6.45) is 1.61. The molecule has 1 aromatic carbocycles. The number of ether oxygens (including phenoxy) is 1. The van der Waals surface area contributed by atoms with Gasteiger partial charge in [-0.25, -0.2) is 13.8 Å². The van der Waals surface area contributed by atoms with Gasteiger partial charge in [0.25, 0.3) is 0 Å². The van der Waals surface area contributed by atoms with Gasteiger partial charge in [-0.05, 0) is 39.8 Å². The van der Waals surface area contributed by atoms with E-state index in [0.717, 1.165) is 17.0 Å². The van der Waals surface area contributed by atoms with Crippen LogP contribution < -0.4 is 10.5 Å². The molecule has 0 spiro atoms. The number of hydrogen-bond donors (Lipinski definition) is 1. The van der Waals surface area contributed by atoms with E-state index in [4.69, 9.17) is 22.1 Å². The minimum Gasteiger partial charge on any atom is -0.474 e. The molecule has 0 atom stereocenters. The van der Waals surface area contributed by atoms with E-state index >= 15 is 0 Å². The Kier molecular flexibility index (Phi) is 5.09. The van der Waals surface area contributed by atoms with Crippen LogP contribution in [0.25, 0.3) is 10.7 Å². The zero-order valence-electron chi connectivity index (χ0n) is 15.1. The Morgan fingerprint density at radius 1 is 1.22 bits per heavy atom. The quantitative estimate of drug-likeness (QED) is 0.649. The normalized spacial score (nSPS) is 12.0. The molecule has 6 nitrogen and oxygen atoms in total.